The van der Waals surface area contributed by atoms with E-state index in [-0.39, 0.29) is 6.03 Å². The molecule has 7 heteroatoms. The minimum absolute atomic E-state index is 0.301. The largest absolute Gasteiger partial charge is 0.383 e. The molecule has 0 aliphatic heterocycles. The number of nitrogens with one attached hydrogen (secondary N) is 2. The van der Waals surface area contributed by atoms with E-state index in [1.807, 2.05) is 0 Å². The average Bonchev–Trinajstić information content (AvgIpc) is 2.57. The number of hydrogen-bond donors (Lipinski definition) is 2. The highest BCUT2D eigenvalue weighted by Gasteiger charge is 2.01. The third kappa shape index (κ3) is 3.81. The molecule has 0 spiro atoms. The van der Waals surface area contributed by atoms with Crippen molar-refractivity contribution in [3.05, 3.63) is 6.20 Å². The summed E-state index contributed by atoms with van der Waals surface area (Å²) in [7, 11) is 1.57. The van der Waals surface area contributed by atoms with Gasteiger partial charge in [-0.05, 0) is 0 Å². The van der Waals surface area contributed by atoms with Gasteiger partial charge in [0.25, 0.3) is 0 Å². The molecule has 72 valence electrons. The molecule has 0 fully saturated rings. The van der Waals surface area contributed by atoms with Gasteiger partial charge in [-0.25, -0.2) is 4.79 Å². The number of aromatic nitrogens is 2. The van der Waals surface area contributed by atoms with Gasteiger partial charge in [-0.3, -0.25) is 5.32 Å². The Bertz CT molecular complexity index is 251. The van der Waals surface area contributed by atoms with Gasteiger partial charge in [0.2, 0.25) is 0 Å². The number of ether oxygens (including phenoxy) is 1. The third-order valence-electron chi connectivity index (χ3n) is 1.19. The highest BCUT2D eigenvalue weighted by atomic mass is 32.1. The normalized spacial score (nSPS) is 9.62. The molecule has 0 saturated carbocycles. The fourth-order valence-corrected chi connectivity index (χ4v) is 1.02. The first-order valence-electron chi connectivity index (χ1n) is 3.64. The van der Waals surface area contributed by atoms with Gasteiger partial charge in [0.1, 0.15) is 0 Å². The first-order chi connectivity index (χ1) is 6.33. The van der Waals surface area contributed by atoms with Crippen molar-refractivity contribution < 1.29 is 9.53 Å². The predicted molar refractivity (Wildman–Crippen MR) is 48.8 cm³/mol. The van der Waals surface area contributed by atoms with Crippen molar-refractivity contribution in [3.63, 3.8) is 0 Å². The van der Waals surface area contributed by atoms with E-state index >= 15 is 0 Å². The Balaban J connectivity index is 2.18. The van der Waals surface area contributed by atoms with E-state index < -0.39 is 0 Å². The van der Waals surface area contributed by atoms with Gasteiger partial charge in [-0.1, -0.05) is 0 Å². The summed E-state index contributed by atoms with van der Waals surface area (Å²) in [6.07, 6.45) is 1.49. The van der Waals surface area contributed by atoms with Crippen LogP contribution in [0.15, 0.2) is 6.20 Å². The summed E-state index contributed by atoms with van der Waals surface area (Å²) >= 11 is 1.04. The Morgan fingerprint density at radius 3 is 3.23 bits per heavy atom. The summed E-state index contributed by atoms with van der Waals surface area (Å²) in [5.74, 6) is 0.458. The highest BCUT2D eigenvalue weighted by Crippen LogP contribution is 2.00. The second-order valence-electron chi connectivity index (χ2n) is 2.17. The zero-order valence-electron chi connectivity index (χ0n) is 7.11. The molecule has 0 atom stereocenters. The van der Waals surface area contributed by atoms with E-state index in [1.165, 1.54) is 6.20 Å². The number of amides is 2. The van der Waals surface area contributed by atoms with Gasteiger partial charge in [0, 0.05) is 13.7 Å². The van der Waals surface area contributed by atoms with Crippen LogP contribution in [0.2, 0.25) is 0 Å². The maximum Gasteiger partial charge on any atom is 0.320 e. The van der Waals surface area contributed by atoms with Crippen LogP contribution in [0.3, 0.4) is 0 Å². The van der Waals surface area contributed by atoms with Crippen LogP contribution in [0.5, 0.6) is 0 Å². The van der Waals surface area contributed by atoms with Crippen molar-refractivity contribution >= 4 is 23.6 Å². The highest BCUT2D eigenvalue weighted by molar-refractivity contribution is 6.99. The lowest BCUT2D eigenvalue weighted by Crippen LogP contribution is -2.31. The van der Waals surface area contributed by atoms with Crippen molar-refractivity contribution in [1.82, 2.24) is 14.1 Å². The van der Waals surface area contributed by atoms with Crippen LogP contribution >= 0.6 is 11.7 Å². The van der Waals surface area contributed by atoms with E-state index in [0.717, 1.165) is 11.7 Å². The fraction of sp³-hybridized carbons (Fsp3) is 0.500. The SMILES string of the molecule is COCCNC(=O)Nc1cnsn1. The summed E-state index contributed by atoms with van der Waals surface area (Å²) in [6, 6.07) is -0.301. The molecule has 1 rings (SSSR count). The van der Waals surface area contributed by atoms with Gasteiger partial charge in [0.15, 0.2) is 5.82 Å². The molecule has 0 aliphatic rings. The molecule has 2 N–H and O–H groups in total. The van der Waals surface area contributed by atoms with E-state index in [2.05, 4.69) is 19.4 Å². The quantitative estimate of drug-likeness (QED) is 0.689. The van der Waals surface area contributed by atoms with Crippen molar-refractivity contribution in [2.24, 2.45) is 0 Å². The van der Waals surface area contributed by atoms with Crippen LogP contribution in [-0.2, 0) is 4.74 Å². The topological polar surface area (TPSA) is 76.1 Å². The number of anilines is 1. The summed E-state index contributed by atoms with van der Waals surface area (Å²) in [5.41, 5.74) is 0. The van der Waals surface area contributed by atoms with Gasteiger partial charge in [0.05, 0.1) is 24.5 Å². The number of carbonyl (C=O) groups excluding carboxylic acids is 1. The molecular weight excluding hydrogens is 192 g/mol. The number of methoxy groups -OCH3 is 1. The first kappa shape index (κ1) is 9.87. The summed E-state index contributed by atoms with van der Waals surface area (Å²) in [5, 5.41) is 5.10. The molecule has 1 aromatic rings. The lowest BCUT2D eigenvalue weighted by molar-refractivity contribution is 0.198. The van der Waals surface area contributed by atoms with Crippen LogP contribution in [0.4, 0.5) is 10.6 Å². The van der Waals surface area contributed by atoms with Crippen LogP contribution in [0.25, 0.3) is 0 Å². The van der Waals surface area contributed by atoms with Crippen LogP contribution in [0, 0.1) is 0 Å². The standard InChI is InChI=1S/C6H10N4O2S/c1-12-3-2-7-6(11)9-5-4-8-13-10-5/h4H,2-3H2,1H3,(H2,7,9,10,11). The molecule has 2 amide bonds. The molecule has 0 unspecified atom stereocenters. The molecular formula is C6H10N4O2S. The number of hydrogen-bond acceptors (Lipinski definition) is 5. The molecule has 1 heterocycles. The Kier molecular flexibility index (Phi) is 4.13. The summed E-state index contributed by atoms with van der Waals surface area (Å²) in [4.78, 5) is 11.0. The molecule has 0 saturated heterocycles. The van der Waals surface area contributed by atoms with Gasteiger partial charge < -0.3 is 10.1 Å². The van der Waals surface area contributed by atoms with Crippen LogP contribution < -0.4 is 10.6 Å². The number of urea groups is 1. The van der Waals surface area contributed by atoms with Crippen LogP contribution in [0.1, 0.15) is 0 Å². The monoisotopic (exact) mass is 202 g/mol. The second-order valence-corrected chi connectivity index (χ2v) is 2.72. The van der Waals surface area contributed by atoms with E-state index in [4.69, 9.17) is 4.74 Å². The Hall–Kier alpha value is -1.21. The van der Waals surface area contributed by atoms with E-state index in [0.29, 0.717) is 19.0 Å². The Morgan fingerprint density at radius 1 is 1.77 bits per heavy atom. The van der Waals surface area contributed by atoms with Crippen LogP contribution in [-0.4, -0.2) is 35.0 Å². The zero-order valence-corrected chi connectivity index (χ0v) is 7.93. The molecule has 0 radical (unpaired) electrons. The maximum absolute atomic E-state index is 11.0. The number of carbonyl (C=O) groups is 1. The molecule has 1 aromatic heterocycles. The maximum atomic E-state index is 11.0. The van der Waals surface area contributed by atoms with Crippen molar-refractivity contribution in [2.45, 2.75) is 0 Å². The Labute approximate surface area is 79.6 Å². The van der Waals surface area contributed by atoms with Gasteiger partial charge in [-0.2, -0.15) is 8.75 Å². The Morgan fingerprint density at radius 2 is 2.62 bits per heavy atom. The van der Waals surface area contributed by atoms with Gasteiger partial charge >= 0.3 is 6.03 Å². The van der Waals surface area contributed by atoms with Gasteiger partial charge in [-0.15, -0.1) is 0 Å². The summed E-state index contributed by atoms with van der Waals surface area (Å²) < 4.78 is 12.3. The van der Waals surface area contributed by atoms with Crippen molar-refractivity contribution in [2.75, 3.05) is 25.6 Å². The smallest absolute Gasteiger partial charge is 0.320 e. The minimum atomic E-state index is -0.301. The average molecular weight is 202 g/mol. The summed E-state index contributed by atoms with van der Waals surface area (Å²) in [6.45, 7) is 0.961. The van der Waals surface area contributed by atoms with E-state index in [9.17, 15) is 4.79 Å². The first-order valence-corrected chi connectivity index (χ1v) is 4.37. The lowest BCUT2D eigenvalue weighted by atomic mass is 10.6. The number of rotatable bonds is 4. The fourth-order valence-electron chi connectivity index (χ4n) is 0.647. The van der Waals surface area contributed by atoms with E-state index in [1.54, 1.807) is 7.11 Å². The minimum Gasteiger partial charge on any atom is -0.383 e. The molecule has 0 aliphatic carbocycles. The lowest BCUT2D eigenvalue weighted by Gasteiger charge is -2.03. The third-order valence-corrected chi connectivity index (χ3v) is 1.67. The molecule has 0 aromatic carbocycles. The second kappa shape index (κ2) is 5.44. The van der Waals surface area contributed by atoms with Crippen molar-refractivity contribution in [1.29, 1.82) is 0 Å². The molecule has 13 heavy (non-hydrogen) atoms. The van der Waals surface area contributed by atoms with Crippen molar-refractivity contribution in [3.8, 4) is 0 Å². The molecule has 0 bridgehead atoms. The predicted octanol–water partition coefficient (Wildman–Crippen LogP) is 0.306. The molecule has 6 nitrogen and oxygen atoms in total. The number of nitrogens with zero attached hydrogens (tertiary/aromatic N) is 2. The zero-order chi connectivity index (χ0) is 9.52.